The molecule has 1 N–H and O–H groups in total. The van der Waals surface area contributed by atoms with E-state index in [1.807, 2.05) is 6.07 Å². The summed E-state index contributed by atoms with van der Waals surface area (Å²) in [5.74, 6) is 0.466. The minimum atomic E-state index is -0.255. The lowest BCUT2D eigenvalue weighted by atomic mass is 10.0. The molecule has 7 heteroatoms. The Morgan fingerprint density at radius 3 is 3.12 bits per heavy atom. The van der Waals surface area contributed by atoms with Crippen LogP contribution in [0.4, 0.5) is 10.1 Å². The van der Waals surface area contributed by atoms with E-state index in [2.05, 4.69) is 15.4 Å². The summed E-state index contributed by atoms with van der Waals surface area (Å²) in [5.41, 5.74) is 0.836. The fraction of sp³-hybridized carbons (Fsp3) is 0.412. The average Bonchev–Trinajstić information content (AvgIpc) is 2.99. The fourth-order valence-electron chi connectivity index (χ4n) is 2.82. The lowest BCUT2D eigenvalue weighted by Gasteiger charge is -2.34. The van der Waals surface area contributed by atoms with Gasteiger partial charge in [0, 0.05) is 30.9 Å². The summed E-state index contributed by atoms with van der Waals surface area (Å²) in [6, 6.07) is 8.15. The Morgan fingerprint density at radius 1 is 1.50 bits per heavy atom. The molecule has 1 saturated heterocycles. The normalized spacial score (nSPS) is 17.6. The minimum Gasteiger partial charge on any atom is -0.465 e. The topological polar surface area (TPSA) is 67.6 Å². The molecule has 6 nitrogen and oxygen atoms in total. The van der Waals surface area contributed by atoms with Gasteiger partial charge in [0.1, 0.15) is 11.6 Å². The van der Waals surface area contributed by atoms with Crippen LogP contribution in [-0.4, -0.2) is 36.8 Å². The molecule has 128 valence electrons. The molecule has 1 atom stereocenters. The molecule has 1 aromatic carbocycles. The van der Waals surface area contributed by atoms with E-state index in [0.717, 1.165) is 25.1 Å². The molecule has 0 spiro atoms. The zero-order valence-electron chi connectivity index (χ0n) is 13.5. The van der Waals surface area contributed by atoms with Crippen molar-refractivity contribution in [2.75, 3.05) is 24.6 Å². The van der Waals surface area contributed by atoms with Gasteiger partial charge in [0.25, 0.3) is 11.8 Å². The van der Waals surface area contributed by atoms with Crippen molar-refractivity contribution in [2.45, 2.75) is 25.8 Å². The van der Waals surface area contributed by atoms with Gasteiger partial charge in [-0.25, -0.2) is 4.39 Å². The third kappa shape index (κ3) is 4.24. The molecule has 0 saturated carbocycles. The Morgan fingerprint density at radius 2 is 2.38 bits per heavy atom. The maximum Gasteiger partial charge on any atom is 0.258 e. The summed E-state index contributed by atoms with van der Waals surface area (Å²) >= 11 is 0. The van der Waals surface area contributed by atoms with Crippen molar-refractivity contribution in [2.24, 2.45) is 0 Å². The monoisotopic (exact) mass is 333 g/mol. The van der Waals surface area contributed by atoms with Gasteiger partial charge in [0.15, 0.2) is 6.61 Å². The van der Waals surface area contributed by atoms with Gasteiger partial charge in [-0.05, 0) is 43.1 Å². The largest absolute Gasteiger partial charge is 0.465 e. The number of hydrogen-bond donors (Lipinski definition) is 1. The first-order valence-electron chi connectivity index (χ1n) is 7.96. The van der Waals surface area contributed by atoms with Crippen LogP contribution in [0.2, 0.25) is 0 Å². The number of anilines is 1. The second-order valence-electron chi connectivity index (χ2n) is 5.90. The molecule has 3 rings (SSSR count). The lowest BCUT2D eigenvalue weighted by molar-refractivity contribution is -0.123. The van der Waals surface area contributed by atoms with Gasteiger partial charge >= 0.3 is 0 Å². The molecular formula is C17H20FN3O3. The molecule has 1 aliphatic rings. The van der Waals surface area contributed by atoms with Crippen molar-refractivity contribution >= 4 is 11.6 Å². The minimum absolute atomic E-state index is 0.0113. The van der Waals surface area contributed by atoms with Crippen LogP contribution < -0.4 is 15.0 Å². The second-order valence-corrected chi connectivity index (χ2v) is 5.90. The van der Waals surface area contributed by atoms with E-state index in [1.165, 1.54) is 12.1 Å². The quantitative estimate of drug-likeness (QED) is 0.909. The number of halogens is 1. The molecule has 2 heterocycles. The van der Waals surface area contributed by atoms with Crippen LogP contribution in [0.1, 0.15) is 18.6 Å². The predicted molar refractivity (Wildman–Crippen MR) is 86.5 cm³/mol. The van der Waals surface area contributed by atoms with E-state index in [9.17, 15) is 9.18 Å². The summed E-state index contributed by atoms with van der Waals surface area (Å²) < 4.78 is 23.5. The van der Waals surface area contributed by atoms with Gasteiger partial charge < -0.3 is 19.5 Å². The van der Waals surface area contributed by atoms with Gasteiger partial charge in [-0.3, -0.25) is 4.79 Å². The fourth-order valence-corrected chi connectivity index (χ4v) is 2.82. The molecule has 2 aromatic rings. The number of benzene rings is 1. The van der Waals surface area contributed by atoms with Crippen molar-refractivity contribution < 1.29 is 18.4 Å². The first-order valence-corrected chi connectivity index (χ1v) is 7.96. The molecule has 1 aliphatic heterocycles. The van der Waals surface area contributed by atoms with Crippen LogP contribution in [0.5, 0.6) is 5.88 Å². The summed E-state index contributed by atoms with van der Waals surface area (Å²) in [4.78, 5) is 14.1. The Kier molecular flexibility index (Phi) is 4.98. The Hall–Kier alpha value is -2.57. The third-order valence-corrected chi connectivity index (χ3v) is 3.92. The Balaban J connectivity index is 1.50. The van der Waals surface area contributed by atoms with Crippen LogP contribution in [0.25, 0.3) is 0 Å². The maximum atomic E-state index is 13.4. The first-order chi connectivity index (χ1) is 11.6. The van der Waals surface area contributed by atoms with E-state index in [4.69, 9.17) is 9.26 Å². The number of nitrogens with zero attached hydrogens (tertiary/aromatic N) is 2. The molecule has 0 aliphatic carbocycles. The molecule has 0 bridgehead atoms. The number of piperidine rings is 1. The zero-order chi connectivity index (χ0) is 16.9. The van der Waals surface area contributed by atoms with Crippen molar-refractivity contribution in [1.82, 2.24) is 10.5 Å². The van der Waals surface area contributed by atoms with E-state index < -0.39 is 0 Å². The van der Waals surface area contributed by atoms with Crippen LogP contribution in [0.3, 0.4) is 0 Å². The first kappa shape index (κ1) is 16.3. The second kappa shape index (κ2) is 7.33. The molecule has 0 radical (unpaired) electrons. The number of hydrogen-bond acceptors (Lipinski definition) is 5. The van der Waals surface area contributed by atoms with E-state index in [0.29, 0.717) is 18.2 Å². The highest BCUT2D eigenvalue weighted by atomic mass is 19.1. The number of ether oxygens (including phenoxy) is 1. The number of amides is 1. The van der Waals surface area contributed by atoms with Crippen LogP contribution in [-0.2, 0) is 4.79 Å². The summed E-state index contributed by atoms with van der Waals surface area (Å²) in [5, 5.41) is 6.63. The predicted octanol–water partition coefficient (Wildman–Crippen LogP) is 2.29. The summed E-state index contributed by atoms with van der Waals surface area (Å²) in [6.45, 7) is 3.15. The highest BCUT2D eigenvalue weighted by Crippen LogP contribution is 2.20. The van der Waals surface area contributed by atoms with Gasteiger partial charge in [0.2, 0.25) is 0 Å². The van der Waals surface area contributed by atoms with E-state index in [1.54, 1.807) is 19.1 Å². The molecule has 1 aromatic heterocycles. The number of rotatable bonds is 5. The van der Waals surface area contributed by atoms with Gasteiger partial charge in [-0.1, -0.05) is 6.07 Å². The molecule has 24 heavy (non-hydrogen) atoms. The average molecular weight is 333 g/mol. The van der Waals surface area contributed by atoms with Gasteiger partial charge in [0.05, 0.1) is 0 Å². The number of carbonyl (C=O) groups is 1. The van der Waals surface area contributed by atoms with Gasteiger partial charge in [-0.15, -0.1) is 0 Å². The highest BCUT2D eigenvalue weighted by molar-refractivity contribution is 5.77. The lowest BCUT2D eigenvalue weighted by Crippen LogP contribution is -2.49. The molecule has 1 fully saturated rings. The Bertz CT molecular complexity index is 704. The standard InChI is InChI=1S/C17H20FN3O3/c1-12-8-17(20-24-12)23-11-16(22)19-14-5-3-7-21(10-14)15-6-2-4-13(18)9-15/h2,4,6,8-9,14H,3,5,7,10-11H2,1H3,(H,19,22). The van der Waals surface area contributed by atoms with Gasteiger partial charge in [-0.2, -0.15) is 0 Å². The Labute approximate surface area is 139 Å². The summed E-state index contributed by atoms with van der Waals surface area (Å²) in [6.07, 6.45) is 1.82. The van der Waals surface area contributed by atoms with E-state index >= 15 is 0 Å². The van der Waals surface area contributed by atoms with Crippen LogP contribution in [0, 0.1) is 12.7 Å². The van der Waals surface area contributed by atoms with Crippen LogP contribution >= 0.6 is 0 Å². The zero-order valence-corrected chi connectivity index (χ0v) is 13.5. The smallest absolute Gasteiger partial charge is 0.258 e. The molecule has 1 amide bonds. The van der Waals surface area contributed by atoms with Crippen molar-refractivity contribution in [3.63, 3.8) is 0 Å². The number of aryl methyl sites for hydroxylation is 1. The maximum absolute atomic E-state index is 13.4. The summed E-state index contributed by atoms with van der Waals surface area (Å²) in [7, 11) is 0. The molecule has 1 unspecified atom stereocenters. The van der Waals surface area contributed by atoms with Crippen molar-refractivity contribution in [3.05, 3.63) is 41.9 Å². The number of nitrogens with one attached hydrogen (secondary N) is 1. The van der Waals surface area contributed by atoms with Crippen LogP contribution in [0.15, 0.2) is 34.9 Å². The third-order valence-electron chi connectivity index (χ3n) is 3.92. The SMILES string of the molecule is Cc1cc(OCC(=O)NC2CCCN(c3cccc(F)c3)C2)no1. The van der Waals surface area contributed by atoms with E-state index in [-0.39, 0.29) is 24.4 Å². The van der Waals surface area contributed by atoms with Crippen molar-refractivity contribution in [3.8, 4) is 5.88 Å². The highest BCUT2D eigenvalue weighted by Gasteiger charge is 2.22. The number of aromatic nitrogens is 1. The van der Waals surface area contributed by atoms with Crippen molar-refractivity contribution in [1.29, 1.82) is 0 Å². The number of carbonyl (C=O) groups excluding carboxylic acids is 1. The molecular weight excluding hydrogens is 313 g/mol.